The number of hydrogen-bond acceptors (Lipinski definition) is 2. The van der Waals surface area contributed by atoms with E-state index < -0.39 is 7.11 Å². The van der Waals surface area contributed by atoms with Gasteiger partial charge >= 0.3 is 0 Å². The molecule has 0 spiro atoms. The zero-order valence-corrected chi connectivity index (χ0v) is 19.1. The number of carbonyl (C=O) groups excluding carboxylic acids is 1. The van der Waals surface area contributed by atoms with Crippen molar-refractivity contribution in [1.82, 2.24) is 4.90 Å². The molecule has 4 nitrogen and oxygen atoms in total. The second-order valence-corrected chi connectivity index (χ2v) is 10.8. The Morgan fingerprint density at radius 1 is 1.31 bits per heavy atom. The third kappa shape index (κ3) is 6.94. The highest BCUT2D eigenvalue weighted by Crippen LogP contribution is 2.50. The Hall–Kier alpha value is -1.71. The van der Waals surface area contributed by atoms with Gasteiger partial charge in [-0.05, 0) is 69.1 Å². The smallest absolute Gasteiger partial charge is 0.274 e. The lowest BCUT2D eigenvalue weighted by atomic mass is 10.1. The quantitative estimate of drug-likeness (QED) is 0.239. The van der Waals surface area contributed by atoms with E-state index in [1.165, 1.54) is 12.1 Å². The second kappa shape index (κ2) is 10.9. The Morgan fingerprint density at radius 3 is 2.62 bits per heavy atom. The summed E-state index contributed by atoms with van der Waals surface area (Å²) < 4.78 is 20.0. The number of likely N-dealkylation sites (tertiary alicyclic amines) is 1. The van der Waals surface area contributed by atoms with Crippen molar-refractivity contribution in [3.05, 3.63) is 40.7 Å². The maximum absolute atomic E-state index is 14.0. The van der Waals surface area contributed by atoms with Crippen LogP contribution in [0, 0.1) is 5.82 Å². The van der Waals surface area contributed by atoms with Crippen molar-refractivity contribution < 1.29 is 13.7 Å². The Bertz CT molecular complexity index is 816. The number of amidine groups is 1. The number of rotatable bonds is 8. The first kappa shape index (κ1) is 23.6. The van der Waals surface area contributed by atoms with E-state index in [1.54, 1.807) is 19.1 Å². The zero-order chi connectivity index (χ0) is 21.4. The van der Waals surface area contributed by atoms with Crippen molar-refractivity contribution in [1.29, 1.82) is 0 Å². The monoisotopic (exact) mass is 420 g/mol. The number of halogens is 1. The largest absolute Gasteiger partial charge is 0.362 e. The molecule has 1 aliphatic heterocycles. The second-order valence-electron chi connectivity index (χ2n) is 7.69. The molecule has 0 aliphatic carbocycles. The predicted molar refractivity (Wildman–Crippen MR) is 124 cm³/mol. The van der Waals surface area contributed by atoms with Gasteiger partial charge in [-0.1, -0.05) is 25.7 Å². The fraction of sp³-hybridized carbons (Fsp3) is 0.522. The summed E-state index contributed by atoms with van der Waals surface area (Å²) in [5.41, 5.74) is 2.20. The maximum atomic E-state index is 14.0. The molecule has 1 aromatic carbocycles. The van der Waals surface area contributed by atoms with Crippen molar-refractivity contribution in [3.63, 3.8) is 0 Å². The summed E-state index contributed by atoms with van der Waals surface area (Å²) in [6.45, 7) is 10.2. The number of amides is 1. The van der Waals surface area contributed by atoms with E-state index in [4.69, 9.17) is 4.52 Å². The summed E-state index contributed by atoms with van der Waals surface area (Å²) in [7, 11) is -1.91. The zero-order valence-electron chi connectivity index (χ0n) is 18.2. The van der Waals surface area contributed by atoms with Crippen molar-refractivity contribution >= 4 is 31.2 Å². The molecule has 160 valence electrons. The summed E-state index contributed by atoms with van der Waals surface area (Å²) >= 11 is 0. The van der Waals surface area contributed by atoms with Crippen LogP contribution < -0.4 is 0 Å². The molecule has 0 N–H and O–H groups in total. The highest BCUT2D eigenvalue weighted by molar-refractivity contribution is 7.68. The molecule has 1 atom stereocenters. The summed E-state index contributed by atoms with van der Waals surface area (Å²) in [6, 6.07) is 4.69. The Balaban J connectivity index is 2.28. The molecule has 1 aliphatic rings. The minimum absolute atomic E-state index is 0.251. The third-order valence-corrected chi connectivity index (χ3v) is 8.12. The van der Waals surface area contributed by atoms with Crippen LogP contribution in [0.5, 0.6) is 0 Å². The average molecular weight is 421 g/mol. The van der Waals surface area contributed by atoms with Crippen molar-refractivity contribution in [2.45, 2.75) is 53.1 Å². The van der Waals surface area contributed by atoms with Crippen LogP contribution in [-0.4, -0.2) is 48.8 Å². The van der Waals surface area contributed by atoms with Crippen LogP contribution >= 0.6 is 7.11 Å². The Kier molecular flexibility index (Phi) is 8.85. The van der Waals surface area contributed by atoms with Crippen LogP contribution in [0.4, 0.5) is 4.39 Å². The predicted octanol–water partition coefficient (Wildman–Crippen LogP) is 5.58. The first-order chi connectivity index (χ1) is 13.8. The lowest BCUT2D eigenvalue weighted by Gasteiger charge is -2.24. The molecule has 6 heteroatoms. The van der Waals surface area contributed by atoms with Crippen LogP contribution in [0.1, 0.15) is 58.1 Å². The molecular weight excluding hydrogens is 386 g/mol. The minimum atomic E-state index is -1.91. The molecular formula is C23H34FN2O2P. The van der Waals surface area contributed by atoms with E-state index >= 15 is 0 Å². The van der Waals surface area contributed by atoms with E-state index in [-0.39, 0.29) is 11.7 Å². The van der Waals surface area contributed by atoms with E-state index in [1.807, 2.05) is 13.8 Å². The molecule has 0 bridgehead atoms. The number of aliphatic imine (C=N–C) groups is 1. The molecule has 0 aromatic heterocycles. The van der Waals surface area contributed by atoms with Crippen LogP contribution in [0.2, 0.25) is 0 Å². The van der Waals surface area contributed by atoms with Gasteiger partial charge in [-0.2, -0.15) is 4.99 Å². The standard InChI is InChI=1S/C23H34FN2O2P/c1-6-14-29(5,28-7-2)17-21-16-22(24)11-10-20(21)15-18(3)23(27)25-19(4)26-12-8-9-13-26/h10-11,15-16H,5-9,12-14,17H2,1-4H3/b18-15+,25-19?. The van der Waals surface area contributed by atoms with Gasteiger partial charge in [0.1, 0.15) is 11.7 Å². The SMILES string of the molecule is C=P(CCC)(Cc1cc(F)ccc1/C=C(\C)C(=O)N=C(C)N1CCCC1)OCC. The third-order valence-electron chi connectivity index (χ3n) is 5.13. The minimum Gasteiger partial charge on any atom is -0.362 e. The highest BCUT2D eigenvalue weighted by Gasteiger charge is 2.18. The Morgan fingerprint density at radius 2 is 2.00 bits per heavy atom. The van der Waals surface area contributed by atoms with Gasteiger partial charge < -0.3 is 9.42 Å². The van der Waals surface area contributed by atoms with Gasteiger partial charge in [-0.15, -0.1) is 0 Å². The normalized spacial score (nSPS) is 17.5. The summed E-state index contributed by atoms with van der Waals surface area (Å²) in [5, 5.41) is 0. The molecule has 0 saturated carbocycles. The fourth-order valence-corrected chi connectivity index (χ4v) is 6.31. The molecule has 1 fully saturated rings. The number of carbonyl (C=O) groups is 1. The van der Waals surface area contributed by atoms with E-state index in [0.717, 1.165) is 55.5 Å². The van der Waals surface area contributed by atoms with Crippen molar-refractivity contribution in [2.75, 3.05) is 25.9 Å². The van der Waals surface area contributed by atoms with Gasteiger partial charge in [-0.25, -0.2) is 4.39 Å². The topological polar surface area (TPSA) is 41.9 Å². The molecule has 1 aromatic rings. The first-order valence-electron chi connectivity index (χ1n) is 10.4. The van der Waals surface area contributed by atoms with Crippen LogP contribution in [-0.2, 0) is 15.5 Å². The molecule has 0 radical (unpaired) electrons. The van der Waals surface area contributed by atoms with E-state index in [0.29, 0.717) is 18.3 Å². The average Bonchev–Trinajstić information content (AvgIpc) is 3.19. The molecule has 29 heavy (non-hydrogen) atoms. The summed E-state index contributed by atoms with van der Waals surface area (Å²) in [6.07, 6.45) is 10.9. The summed E-state index contributed by atoms with van der Waals surface area (Å²) in [4.78, 5) is 19.0. The number of benzene rings is 1. The lowest BCUT2D eigenvalue weighted by molar-refractivity contribution is -0.114. The molecule has 1 amide bonds. The number of nitrogens with zero attached hydrogens (tertiary/aromatic N) is 2. The van der Waals surface area contributed by atoms with Crippen molar-refractivity contribution in [3.8, 4) is 0 Å². The molecule has 1 saturated heterocycles. The van der Waals surface area contributed by atoms with Crippen LogP contribution in [0.25, 0.3) is 6.08 Å². The molecule has 2 rings (SSSR count). The van der Waals surface area contributed by atoms with E-state index in [2.05, 4.69) is 23.1 Å². The van der Waals surface area contributed by atoms with E-state index in [9.17, 15) is 9.18 Å². The van der Waals surface area contributed by atoms with Gasteiger partial charge in [-0.3, -0.25) is 4.79 Å². The lowest BCUT2D eigenvalue weighted by Crippen LogP contribution is -2.26. The molecule has 1 heterocycles. The maximum Gasteiger partial charge on any atom is 0.274 e. The van der Waals surface area contributed by atoms with Gasteiger partial charge in [0.2, 0.25) is 0 Å². The van der Waals surface area contributed by atoms with Gasteiger partial charge in [0.05, 0.1) is 0 Å². The van der Waals surface area contributed by atoms with Gasteiger partial charge in [0.25, 0.3) is 5.91 Å². The van der Waals surface area contributed by atoms with Crippen LogP contribution in [0.3, 0.4) is 0 Å². The Labute approximate surface area is 174 Å². The van der Waals surface area contributed by atoms with Gasteiger partial charge in [0.15, 0.2) is 0 Å². The van der Waals surface area contributed by atoms with Crippen molar-refractivity contribution in [2.24, 2.45) is 4.99 Å². The van der Waals surface area contributed by atoms with Crippen LogP contribution in [0.15, 0.2) is 28.8 Å². The summed E-state index contributed by atoms with van der Waals surface area (Å²) in [5.74, 6) is 0.226. The fourth-order valence-electron chi connectivity index (χ4n) is 3.67. The number of hydrogen-bond donors (Lipinski definition) is 0. The highest BCUT2D eigenvalue weighted by atomic mass is 31.2. The first-order valence-corrected chi connectivity index (χ1v) is 12.7. The van der Waals surface area contributed by atoms with Gasteiger partial charge in [0, 0.05) is 38.5 Å². The molecule has 1 unspecified atom stereocenters.